The summed E-state index contributed by atoms with van der Waals surface area (Å²) >= 11 is 0. The lowest BCUT2D eigenvalue weighted by Gasteiger charge is -2.19. The van der Waals surface area contributed by atoms with Gasteiger partial charge in [0.1, 0.15) is 6.10 Å². The molecule has 1 saturated heterocycles. The zero-order chi connectivity index (χ0) is 17.8. The van der Waals surface area contributed by atoms with Crippen molar-refractivity contribution in [1.82, 2.24) is 14.9 Å². The van der Waals surface area contributed by atoms with Gasteiger partial charge in [-0.3, -0.25) is 4.79 Å². The fourth-order valence-electron chi connectivity index (χ4n) is 2.80. The van der Waals surface area contributed by atoms with Crippen LogP contribution in [-0.4, -0.2) is 61.2 Å². The molecule has 1 fully saturated rings. The Morgan fingerprint density at radius 1 is 1.24 bits per heavy atom. The molecule has 1 atom stereocenters. The number of likely N-dealkylation sites (tertiary alicyclic amines) is 1. The third kappa shape index (κ3) is 3.81. The first-order chi connectivity index (χ1) is 12.1. The van der Waals surface area contributed by atoms with Crippen LogP contribution in [0.5, 0.6) is 11.8 Å². The van der Waals surface area contributed by atoms with Gasteiger partial charge in [0.2, 0.25) is 0 Å². The van der Waals surface area contributed by atoms with Crippen molar-refractivity contribution in [3.8, 4) is 11.8 Å². The van der Waals surface area contributed by atoms with Crippen molar-refractivity contribution in [3.63, 3.8) is 0 Å². The molecule has 1 aliphatic rings. The van der Waals surface area contributed by atoms with E-state index in [-0.39, 0.29) is 12.0 Å². The van der Waals surface area contributed by atoms with Crippen LogP contribution in [0.25, 0.3) is 0 Å². The van der Waals surface area contributed by atoms with Crippen LogP contribution >= 0.6 is 0 Å². The first kappa shape index (κ1) is 17.0. The number of hydrogen-bond donors (Lipinski definition) is 0. The second-order valence-corrected chi connectivity index (χ2v) is 6.10. The Balaban J connectivity index is 1.66. The second-order valence-electron chi connectivity index (χ2n) is 6.10. The Morgan fingerprint density at radius 2 is 2.00 bits per heavy atom. The van der Waals surface area contributed by atoms with E-state index in [1.807, 2.05) is 48.2 Å². The van der Waals surface area contributed by atoms with Gasteiger partial charge in [0, 0.05) is 50.7 Å². The van der Waals surface area contributed by atoms with Gasteiger partial charge in [0.05, 0.1) is 13.7 Å². The number of aromatic nitrogens is 2. The summed E-state index contributed by atoms with van der Waals surface area (Å²) in [6.45, 7) is 1.17. The lowest BCUT2D eigenvalue weighted by atomic mass is 10.1. The zero-order valence-electron chi connectivity index (χ0n) is 14.7. The molecule has 132 valence electrons. The Hall–Kier alpha value is -2.83. The quantitative estimate of drug-likeness (QED) is 0.826. The summed E-state index contributed by atoms with van der Waals surface area (Å²) in [4.78, 5) is 24.8. The maximum absolute atomic E-state index is 12.7. The molecule has 0 radical (unpaired) electrons. The standard InChI is InChI=1S/C18H22N4O3/c1-21(2)14-6-4-5-13(11-14)18(23)22-10-7-15(12-22)25-17-16(24-3)19-8-9-20-17/h4-6,8-9,11,15H,7,10,12H2,1-3H3. The van der Waals surface area contributed by atoms with E-state index in [1.165, 1.54) is 7.11 Å². The van der Waals surface area contributed by atoms with E-state index >= 15 is 0 Å². The largest absolute Gasteiger partial charge is 0.477 e. The van der Waals surface area contributed by atoms with Crippen LogP contribution in [0.3, 0.4) is 0 Å². The van der Waals surface area contributed by atoms with E-state index in [0.717, 1.165) is 12.1 Å². The van der Waals surface area contributed by atoms with Gasteiger partial charge in [0.25, 0.3) is 17.7 Å². The third-order valence-electron chi connectivity index (χ3n) is 4.15. The van der Waals surface area contributed by atoms with E-state index in [9.17, 15) is 4.79 Å². The summed E-state index contributed by atoms with van der Waals surface area (Å²) in [7, 11) is 5.44. The highest BCUT2D eigenvalue weighted by Gasteiger charge is 2.29. The van der Waals surface area contributed by atoms with Gasteiger partial charge in [-0.1, -0.05) is 6.07 Å². The fourth-order valence-corrected chi connectivity index (χ4v) is 2.80. The van der Waals surface area contributed by atoms with Crippen molar-refractivity contribution in [2.24, 2.45) is 0 Å². The number of methoxy groups -OCH3 is 1. The fraction of sp³-hybridized carbons (Fsp3) is 0.389. The van der Waals surface area contributed by atoms with Crippen LogP contribution in [0.2, 0.25) is 0 Å². The van der Waals surface area contributed by atoms with Gasteiger partial charge in [-0.2, -0.15) is 0 Å². The van der Waals surface area contributed by atoms with Gasteiger partial charge >= 0.3 is 0 Å². The molecule has 0 bridgehead atoms. The minimum atomic E-state index is -0.119. The van der Waals surface area contributed by atoms with Crippen LogP contribution in [-0.2, 0) is 0 Å². The number of rotatable bonds is 5. The van der Waals surface area contributed by atoms with Crippen molar-refractivity contribution in [3.05, 3.63) is 42.2 Å². The van der Waals surface area contributed by atoms with Gasteiger partial charge in [-0.25, -0.2) is 9.97 Å². The van der Waals surface area contributed by atoms with E-state index in [1.54, 1.807) is 12.4 Å². The van der Waals surface area contributed by atoms with Gasteiger partial charge in [-0.15, -0.1) is 0 Å². The summed E-state index contributed by atoms with van der Waals surface area (Å²) in [5.41, 5.74) is 1.69. The van der Waals surface area contributed by atoms with E-state index < -0.39 is 0 Å². The molecule has 2 heterocycles. The molecule has 1 aromatic heterocycles. The zero-order valence-corrected chi connectivity index (χ0v) is 14.7. The molecular formula is C18H22N4O3. The average molecular weight is 342 g/mol. The SMILES string of the molecule is COc1nccnc1OC1CCN(C(=O)c2cccc(N(C)C)c2)C1. The highest BCUT2D eigenvalue weighted by Crippen LogP contribution is 2.25. The molecule has 25 heavy (non-hydrogen) atoms. The minimum Gasteiger partial charge on any atom is -0.477 e. The van der Waals surface area contributed by atoms with Gasteiger partial charge < -0.3 is 19.3 Å². The topological polar surface area (TPSA) is 67.8 Å². The highest BCUT2D eigenvalue weighted by molar-refractivity contribution is 5.95. The molecule has 2 aromatic rings. The lowest BCUT2D eigenvalue weighted by molar-refractivity contribution is 0.0770. The van der Waals surface area contributed by atoms with E-state index in [0.29, 0.717) is 30.4 Å². The predicted molar refractivity (Wildman–Crippen MR) is 94.3 cm³/mol. The molecule has 0 aliphatic carbocycles. The summed E-state index contributed by atoms with van der Waals surface area (Å²) < 4.78 is 11.0. The lowest BCUT2D eigenvalue weighted by Crippen LogP contribution is -2.31. The molecule has 1 aromatic carbocycles. The van der Waals surface area contributed by atoms with Crippen molar-refractivity contribution in [1.29, 1.82) is 0 Å². The van der Waals surface area contributed by atoms with Gasteiger partial charge in [-0.05, 0) is 18.2 Å². The number of nitrogens with zero attached hydrogens (tertiary/aromatic N) is 4. The van der Waals surface area contributed by atoms with Crippen LogP contribution in [0.1, 0.15) is 16.8 Å². The first-order valence-corrected chi connectivity index (χ1v) is 8.17. The molecule has 1 unspecified atom stereocenters. The Bertz CT molecular complexity index is 751. The van der Waals surface area contributed by atoms with E-state index in [2.05, 4.69) is 9.97 Å². The maximum atomic E-state index is 12.7. The monoisotopic (exact) mass is 342 g/mol. The van der Waals surface area contributed by atoms with Crippen LogP contribution in [0, 0.1) is 0 Å². The van der Waals surface area contributed by atoms with Crippen molar-refractivity contribution in [2.45, 2.75) is 12.5 Å². The summed E-state index contributed by atoms with van der Waals surface area (Å²) in [6, 6.07) is 7.63. The number of carbonyl (C=O) groups is 1. The molecule has 0 N–H and O–H groups in total. The Kier molecular flexibility index (Phi) is 5.02. The summed E-state index contributed by atoms with van der Waals surface area (Å²) in [5, 5.41) is 0. The maximum Gasteiger partial charge on any atom is 0.278 e. The van der Waals surface area contributed by atoms with E-state index in [4.69, 9.17) is 9.47 Å². The smallest absolute Gasteiger partial charge is 0.278 e. The van der Waals surface area contributed by atoms with Crippen LogP contribution in [0.15, 0.2) is 36.7 Å². The first-order valence-electron chi connectivity index (χ1n) is 8.17. The molecular weight excluding hydrogens is 320 g/mol. The molecule has 7 heteroatoms. The molecule has 7 nitrogen and oxygen atoms in total. The summed E-state index contributed by atoms with van der Waals surface area (Å²) in [6.07, 6.45) is 3.74. The minimum absolute atomic E-state index is 0.0147. The van der Waals surface area contributed by atoms with Gasteiger partial charge in [0.15, 0.2) is 0 Å². The second kappa shape index (κ2) is 7.38. The number of amides is 1. The summed E-state index contributed by atoms with van der Waals surface area (Å²) in [5.74, 6) is 0.728. The molecule has 3 rings (SSSR count). The van der Waals surface area contributed by atoms with Crippen molar-refractivity contribution in [2.75, 3.05) is 39.2 Å². The third-order valence-corrected chi connectivity index (χ3v) is 4.15. The highest BCUT2D eigenvalue weighted by atomic mass is 16.5. The predicted octanol–water partition coefficient (Wildman–Crippen LogP) is 1.84. The molecule has 1 amide bonds. The number of hydrogen-bond acceptors (Lipinski definition) is 6. The number of benzene rings is 1. The van der Waals surface area contributed by atoms with Crippen LogP contribution < -0.4 is 14.4 Å². The average Bonchev–Trinajstić information content (AvgIpc) is 3.10. The molecule has 1 aliphatic heterocycles. The Morgan fingerprint density at radius 3 is 2.72 bits per heavy atom. The normalized spacial score (nSPS) is 16.6. The molecule has 0 saturated carbocycles. The van der Waals surface area contributed by atoms with Crippen LogP contribution in [0.4, 0.5) is 5.69 Å². The Labute approximate surface area is 147 Å². The number of anilines is 1. The number of carbonyl (C=O) groups excluding carboxylic acids is 1. The van der Waals surface area contributed by atoms with Crippen molar-refractivity contribution < 1.29 is 14.3 Å². The molecule has 0 spiro atoms. The van der Waals surface area contributed by atoms with Crippen molar-refractivity contribution >= 4 is 11.6 Å². The number of ether oxygens (including phenoxy) is 2.